The zero-order chi connectivity index (χ0) is 6.85. The van der Waals surface area contributed by atoms with Crippen molar-refractivity contribution < 1.29 is 14.6 Å². The molecule has 0 aromatic carbocycles. The Morgan fingerprint density at radius 1 is 2.00 bits per heavy atom. The van der Waals surface area contributed by atoms with Crippen molar-refractivity contribution in [3.63, 3.8) is 0 Å². The lowest BCUT2D eigenvalue weighted by molar-refractivity contribution is -0.302. The Morgan fingerprint density at radius 3 is 2.89 bits per heavy atom. The summed E-state index contributed by atoms with van der Waals surface area (Å²) in [6, 6.07) is -0.294. The third-order valence-electron chi connectivity index (χ3n) is 0.998. The number of hydrogen-bond donors (Lipinski definition) is 1. The van der Waals surface area contributed by atoms with Crippen LogP contribution in [0.4, 0.5) is 0 Å². The number of hydrogen-bond acceptors (Lipinski definition) is 4. The van der Waals surface area contributed by atoms with Gasteiger partial charge >= 0.3 is 0 Å². The van der Waals surface area contributed by atoms with Crippen LogP contribution in [-0.2, 0) is 9.53 Å². The van der Waals surface area contributed by atoms with Gasteiger partial charge in [-0.05, 0) is 6.08 Å². The Bertz CT molecular complexity index is 164. The predicted octanol–water partition coefficient (Wildman–Crippen LogP) is -2.02. The van der Waals surface area contributed by atoms with Crippen molar-refractivity contribution in [1.82, 2.24) is 0 Å². The van der Waals surface area contributed by atoms with Gasteiger partial charge in [0.2, 0.25) is 0 Å². The van der Waals surface area contributed by atoms with Gasteiger partial charge in [-0.15, -0.1) is 0 Å². The second-order valence-electron chi connectivity index (χ2n) is 1.79. The number of carbonyl (C=O) groups is 1. The Labute approximate surface area is 51.9 Å². The minimum absolute atomic E-state index is 0.150. The molecule has 50 valence electrons. The van der Waals surface area contributed by atoms with Crippen LogP contribution in [0.3, 0.4) is 0 Å². The SMILES string of the molecule is NC1C=C(C(=O)[O-])OC1. The van der Waals surface area contributed by atoms with Crippen LogP contribution >= 0.6 is 0 Å². The van der Waals surface area contributed by atoms with Crippen molar-refractivity contribution >= 4 is 5.97 Å². The van der Waals surface area contributed by atoms with Gasteiger partial charge in [-0.2, -0.15) is 0 Å². The highest BCUT2D eigenvalue weighted by atomic mass is 16.5. The number of carboxylic acid groups (broad SMARTS) is 1. The molecule has 0 aromatic heterocycles. The molecule has 1 heterocycles. The Morgan fingerprint density at radius 2 is 2.67 bits per heavy atom. The summed E-state index contributed by atoms with van der Waals surface area (Å²) >= 11 is 0. The number of rotatable bonds is 1. The van der Waals surface area contributed by atoms with Gasteiger partial charge < -0.3 is 20.4 Å². The van der Waals surface area contributed by atoms with Crippen molar-refractivity contribution in [3.05, 3.63) is 11.8 Å². The lowest BCUT2D eigenvalue weighted by atomic mass is 10.3. The number of aliphatic carboxylic acids is 1. The predicted molar refractivity (Wildman–Crippen MR) is 27.0 cm³/mol. The topological polar surface area (TPSA) is 75.4 Å². The highest BCUT2D eigenvalue weighted by Crippen LogP contribution is 2.06. The fourth-order valence-electron chi connectivity index (χ4n) is 0.604. The van der Waals surface area contributed by atoms with Gasteiger partial charge in [-0.1, -0.05) is 0 Å². The summed E-state index contributed by atoms with van der Waals surface area (Å²) in [5.41, 5.74) is 5.27. The summed E-state index contributed by atoms with van der Waals surface area (Å²) in [5.74, 6) is -1.45. The third-order valence-corrected chi connectivity index (χ3v) is 0.998. The van der Waals surface area contributed by atoms with Crippen molar-refractivity contribution in [1.29, 1.82) is 0 Å². The molecule has 1 aliphatic rings. The van der Waals surface area contributed by atoms with Gasteiger partial charge in [0.15, 0.2) is 0 Å². The van der Waals surface area contributed by atoms with Crippen LogP contribution < -0.4 is 10.8 Å². The minimum Gasteiger partial charge on any atom is -0.542 e. The van der Waals surface area contributed by atoms with Crippen molar-refractivity contribution in [3.8, 4) is 0 Å². The fourth-order valence-corrected chi connectivity index (χ4v) is 0.604. The quantitative estimate of drug-likeness (QED) is 0.442. The number of carbonyl (C=O) groups excluding carboxylic acids is 1. The van der Waals surface area contributed by atoms with Crippen LogP contribution in [0.1, 0.15) is 0 Å². The molecular formula is C5H6NO3-. The molecule has 0 amide bonds. The molecule has 4 heteroatoms. The van der Waals surface area contributed by atoms with Gasteiger partial charge in [0.05, 0.1) is 6.04 Å². The van der Waals surface area contributed by atoms with E-state index in [0.717, 1.165) is 0 Å². The number of nitrogens with two attached hydrogens (primary N) is 1. The van der Waals surface area contributed by atoms with Gasteiger partial charge in [0, 0.05) is 0 Å². The second-order valence-corrected chi connectivity index (χ2v) is 1.79. The van der Waals surface area contributed by atoms with Crippen LogP contribution in [0.2, 0.25) is 0 Å². The van der Waals surface area contributed by atoms with E-state index in [1.54, 1.807) is 0 Å². The Hall–Kier alpha value is -1.03. The van der Waals surface area contributed by atoms with E-state index in [2.05, 4.69) is 4.74 Å². The molecule has 1 unspecified atom stereocenters. The fraction of sp³-hybridized carbons (Fsp3) is 0.400. The zero-order valence-electron chi connectivity index (χ0n) is 4.66. The molecule has 0 saturated heterocycles. The summed E-state index contributed by atoms with van der Waals surface area (Å²) in [4.78, 5) is 9.99. The maximum absolute atomic E-state index is 9.99. The minimum atomic E-state index is -1.30. The average molecular weight is 128 g/mol. The molecule has 0 radical (unpaired) electrons. The molecule has 0 aliphatic carbocycles. The molecule has 0 bridgehead atoms. The summed E-state index contributed by atoms with van der Waals surface area (Å²) in [6.07, 6.45) is 1.33. The monoisotopic (exact) mass is 128 g/mol. The largest absolute Gasteiger partial charge is 0.542 e. The normalized spacial score (nSPS) is 25.0. The first-order valence-corrected chi connectivity index (χ1v) is 2.51. The summed E-state index contributed by atoms with van der Waals surface area (Å²) in [6.45, 7) is 0.239. The van der Waals surface area contributed by atoms with E-state index in [0.29, 0.717) is 0 Å². The maximum atomic E-state index is 9.99. The highest BCUT2D eigenvalue weighted by molar-refractivity contribution is 5.82. The van der Waals surface area contributed by atoms with Crippen molar-refractivity contribution in [2.45, 2.75) is 6.04 Å². The van der Waals surface area contributed by atoms with E-state index in [1.165, 1.54) is 6.08 Å². The molecule has 1 aliphatic heterocycles. The van der Waals surface area contributed by atoms with E-state index in [-0.39, 0.29) is 18.4 Å². The first-order chi connectivity index (χ1) is 4.20. The molecular weight excluding hydrogens is 122 g/mol. The molecule has 2 N–H and O–H groups in total. The van der Waals surface area contributed by atoms with Crippen molar-refractivity contribution in [2.75, 3.05) is 6.61 Å². The molecule has 1 rings (SSSR count). The Balaban J connectivity index is 2.62. The first-order valence-electron chi connectivity index (χ1n) is 2.51. The summed E-state index contributed by atoms with van der Waals surface area (Å²) < 4.78 is 4.60. The summed E-state index contributed by atoms with van der Waals surface area (Å²) in [5, 5.41) is 9.99. The van der Waals surface area contributed by atoms with Gasteiger partial charge in [0.1, 0.15) is 18.3 Å². The maximum Gasteiger partial charge on any atom is 0.139 e. The Kier molecular flexibility index (Phi) is 1.40. The van der Waals surface area contributed by atoms with Gasteiger partial charge in [-0.3, -0.25) is 0 Å². The third kappa shape index (κ3) is 1.20. The molecule has 0 aromatic rings. The van der Waals surface area contributed by atoms with E-state index in [9.17, 15) is 9.90 Å². The van der Waals surface area contributed by atoms with Crippen LogP contribution in [0.5, 0.6) is 0 Å². The molecule has 0 spiro atoms. The smallest absolute Gasteiger partial charge is 0.139 e. The second kappa shape index (κ2) is 2.06. The van der Waals surface area contributed by atoms with E-state index in [1.807, 2.05) is 0 Å². The molecule has 9 heavy (non-hydrogen) atoms. The van der Waals surface area contributed by atoms with E-state index >= 15 is 0 Å². The lowest BCUT2D eigenvalue weighted by Gasteiger charge is -2.01. The zero-order valence-corrected chi connectivity index (χ0v) is 4.66. The number of carboxylic acids is 1. The van der Waals surface area contributed by atoms with Crippen LogP contribution in [0.25, 0.3) is 0 Å². The number of ether oxygens (including phenoxy) is 1. The highest BCUT2D eigenvalue weighted by Gasteiger charge is 2.12. The molecule has 0 fully saturated rings. The average Bonchev–Trinajstić information content (AvgIpc) is 2.14. The van der Waals surface area contributed by atoms with E-state index < -0.39 is 5.97 Å². The first kappa shape index (κ1) is 6.10. The standard InChI is InChI=1S/C5H7NO3/c6-3-1-4(5(7)8)9-2-3/h1,3H,2,6H2,(H,7,8)/p-1. The van der Waals surface area contributed by atoms with Crippen molar-refractivity contribution in [2.24, 2.45) is 5.73 Å². The van der Waals surface area contributed by atoms with E-state index in [4.69, 9.17) is 5.73 Å². The molecule has 4 nitrogen and oxygen atoms in total. The molecule has 1 atom stereocenters. The van der Waals surface area contributed by atoms with Gasteiger partial charge in [-0.25, -0.2) is 0 Å². The molecule has 0 saturated carbocycles. The lowest BCUT2D eigenvalue weighted by Crippen LogP contribution is -2.24. The van der Waals surface area contributed by atoms with Crippen LogP contribution in [0, 0.1) is 0 Å². The summed E-state index contributed by atoms with van der Waals surface area (Å²) in [7, 11) is 0. The van der Waals surface area contributed by atoms with Crippen LogP contribution in [0.15, 0.2) is 11.8 Å². The van der Waals surface area contributed by atoms with Crippen LogP contribution in [-0.4, -0.2) is 18.6 Å². The van der Waals surface area contributed by atoms with Gasteiger partial charge in [0.25, 0.3) is 0 Å².